The lowest BCUT2D eigenvalue weighted by molar-refractivity contribution is 0.643. The second kappa shape index (κ2) is 12.9. The van der Waals surface area contributed by atoms with E-state index >= 15 is 0 Å². The van der Waals surface area contributed by atoms with Crippen LogP contribution in [0.1, 0.15) is 94.0 Å². The molecule has 0 spiro atoms. The van der Waals surface area contributed by atoms with Crippen LogP contribution in [0.25, 0.3) is 50.6 Å². The highest BCUT2D eigenvalue weighted by atomic mass is 15.1. The van der Waals surface area contributed by atoms with Gasteiger partial charge in [0.15, 0.2) is 0 Å². The second-order valence-corrected chi connectivity index (χ2v) is 14.9. The summed E-state index contributed by atoms with van der Waals surface area (Å²) in [5.41, 5.74) is 16.5. The summed E-state index contributed by atoms with van der Waals surface area (Å²) in [5, 5.41) is 0. The minimum atomic E-state index is 0.137. The molecule has 1 unspecified atom stereocenters. The maximum absolute atomic E-state index is 5.19. The van der Waals surface area contributed by atoms with Gasteiger partial charge in [-0.05, 0) is 124 Å². The Hall–Kier alpha value is -4.76. The highest BCUT2D eigenvalue weighted by Gasteiger charge is 2.51. The minimum Gasteiger partial charge on any atom is -0.299 e. The van der Waals surface area contributed by atoms with Crippen LogP contribution in [0.5, 0.6) is 0 Å². The van der Waals surface area contributed by atoms with Crippen molar-refractivity contribution in [1.82, 2.24) is 14.5 Å². The van der Waals surface area contributed by atoms with E-state index in [2.05, 4.69) is 151 Å². The van der Waals surface area contributed by atoms with E-state index in [1.54, 1.807) is 0 Å². The number of benzene rings is 4. The van der Waals surface area contributed by atoms with Gasteiger partial charge in [0, 0.05) is 29.7 Å². The summed E-state index contributed by atoms with van der Waals surface area (Å²) in [6.07, 6.45) is 8.46. The Labute approximate surface area is 293 Å². The Morgan fingerprint density at radius 2 is 1.45 bits per heavy atom. The third-order valence-electron chi connectivity index (χ3n) is 11.1. The quantitative estimate of drug-likeness (QED) is 0.157. The van der Waals surface area contributed by atoms with Crippen molar-refractivity contribution in [2.45, 2.75) is 85.5 Å². The van der Waals surface area contributed by atoms with E-state index in [1.807, 2.05) is 18.5 Å². The highest BCUT2D eigenvalue weighted by Crippen LogP contribution is 2.58. The number of imidazole rings is 1. The van der Waals surface area contributed by atoms with Crippen LogP contribution < -0.4 is 0 Å². The lowest BCUT2D eigenvalue weighted by Crippen LogP contribution is -2.12. The third kappa shape index (κ3) is 5.84. The average molecular weight is 644 g/mol. The monoisotopic (exact) mass is 643 g/mol. The molecule has 3 heteroatoms. The molecular formula is C46H49N3. The van der Waals surface area contributed by atoms with Gasteiger partial charge in [-0.2, -0.15) is 0 Å². The van der Waals surface area contributed by atoms with Crippen molar-refractivity contribution >= 4 is 0 Å². The van der Waals surface area contributed by atoms with Crippen LogP contribution in [0.3, 0.4) is 0 Å². The summed E-state index contributed by atoms with van der Waals surface area (Å²) >= 11 is 0. The fraction of sp³-hybridized carbons (Fsp3) is 0.304. The molecular weight excluding hydrogens is 595 g/mol. The smallest absolute Gasteiger partial charge is 0.144 e. The van der Waals surface area contributed by atoms with Gasteiger partial charge in [-0.1, -0.05) is 109 Å². The molecule has 4 aromatic carbocycles. The molecule has 2 aromatic heterocycles. The lowest BCUT2D eigenvalue weighted by atomic mass is 9.85. The second-order valence-electron chi connectivity index (χ2n) is 14.9. The molecule has 49 heavy (non-hydrogen) atoms. The van der Waals surface area contributed by atoms with Crippen molar-refractivity contribution in [3.63, 3.8) is 0 Å². The molecule has 0 amide bonds. The van der Waals surface area contributed by atoms with Crippen LogP contribution in [0.15, 0.2) is 110 Å². The predicted molar refractivity (Wildman–Crippen MR) is 207 cm³/mol. The fourth-order valence-corrected chi connectivity index (χ4v) is 8.17. The van der Waals surface area contributed by atoms with Crippen LogP contribution in [-0.2, 0) is 5.41 Å². The van der Waals surface area contributed by atoms with E-state index < -0.39 is 0 Å². The van der Waals surface area contributed by atoms with Crippen LogP contribution in [0.4, 0.5) is 0 Å². The fourth-order valence-electron chi connectivity index (χ4n) is 8.17. The molecule has 0 aliphatic heterocycles. The third-order valence-corrected chi connectivity index (χ3v) is 11.1. The lowest BCUT2D eigenvalue weighted by Gasteiger charge is -2.25. The summed E-state index contributed by atoms with van der Waals surface area (Å²) in [6, 6.07) is 33.4. The van der Waals surface area contributed by atoms with Gasteiger partial charge < -0.3 is 0 Å². The molecule has 1 saturated carbocycles. The number of pyridine rings is 1. The van der Waals surface area contributed by atoms with E-state index in [-0.39, 0.29) is 5.41 Å². The Bertz CT molecular complexity index is 2090. The summed E-state index contributed by atoms with van der Waals surface area (Å²) in [6.45, 7) is 18.5. The zero-order chi connectivity index (χ0) is 34.4. The first kappa shape index (κ1) is 32.8. The van der Waals surface area contributed by atoms with Crippen molar-refractivity contribution in [3.8, 4) is 50.6 Å². The molecule has 1 aliphatic carbocycles. The van der Waals surface area contributed by atoms with Gasteiger partial charge in [0.05, 0.1) is 11.4 Å². The molecule has 0 saturated heterocycles. The topological polar surface area (TPSA) is 30.7 Å². The molecule has 3 nitrogen and oxygen atoms in total. The number of nitrogens with zero attached hydrogens (tertiary/aromatic N) is 3. The van der Waals surface area contributed by atoms with E-state index in [9.17, 15) is 0 Å². The van der Waals surface area contributed by atoms with Crippen LogP contribution in [-0.4, -0.2) is 14.5 Å². The number of rotatable bonds is 9. The van der Waals surface area contributed by atoms with Gasteiger partial charge in [0.1, 0.15) is 5.82 Å². The molecule has 6 aromatic rings. The Kier molecular flexibility index (Phi) is 8.65. The van der Waals surface area contributed by atoms with Gasteiger partial charge in [-0.15, -0.1) is 0 Å². The Balaban J connectivity index is 1.46. The molecule has 248 valence electrons. The van der Waals surface area contributed by atoms with Crippen molar-refractivity contribution < 1.29 is 0 Å². The first-order valence-corrected chi connectivity index (χ1v) is 18.1. The SMILES string of the molecule is CC[C@H]1CC1(C)c1ccc(-c2c(C)ccc(-c3ccccn3)c2C)cc1-c1nccn1-c1c(C(C)C)cc(-c2ccccc2)cc1C(C)C. The molecule has 2 heterocycles. The summed E-state index contributed by atoms with van der Waals surface area (Å²) < 4.78 is 2.40. The van der Waals surface area contributed by atoms with Crippen molar-refractivity contribution in [2.24, 2.45) is 5.92 Å². The molecule has 2 atom stereocenters. The molecule has 0 bridgehead atoms. The highest BCUT2D eigenvalue weighted by molar-refractivity contribution is 5.83. The Morgan fingerprint density at radius 3 is 2.08 bits per heavy atom. The van der Waals surface area contributed by atoms with Crippen LogP contribution in [0.2, 0.25) is 0 Å². The first-order valence-electron chi connectivity index (χ1n) is 18.1. The number of hydrogen-bond donors (Lipinski definition) is 0. The molecule has 1 aliphatic rings. The zero-order valence-corrected chi connectivity index (χ0v) is 30.4. The van der Waals surface area contributed by atoms with E-state index in [0.717, 1.165) is 11.5 Å². The largest absolute Gasteiger partial charge is 0.299 e. The molecule has 0 radical (unpaired) electrons. The molecule has 1 fully saturated rings. The summed E-state index contributed by atoms with van der Waals surface area (Å²) in [7, 11) is 0. The molecule has 0 N–H and O–H groups in total. The van der Waals surface area contributed by atoms with Crippen molar-refractivity contribution in [2.75, 3.05) is 0 Å². The van der Waals surface area contributed by atoms with Gasteiger partial charge >= 0.3 is 0 Å². The van der Waals surface area contributed by atoms with E-state index in [4.69, 9.17) is 9.97 Å². The van der Waals surface area contributed by atoms with Gasteiger partial charge in [0.25, 0.3) is 0 Å². The summed E-state index contributed by atoms with van der Waals surface area (Å²) in [4.78, 5) is 9.90. The normalized spacial score (nSPS) is 17.2. The van der Waals surface area contributed by atoms with E-state index in [1.165, 1.54) is 79.7 Å². The van der Waals surface area contributed by atoms with Crippen LogP contribution >= 0.6 is 0 Å². The number of aryl methyl sites for hydroxylation is 1. The van der Waals surface area contributed by atoms with Crippen molar-refractivity contribution in [1.29, 1.82) is 0 Å². The van der Waals surface area contributed by atoms with Gasteiger partial charge in [-0.25, -0.2) is 4.98 Å². The maximum atomic E-state index is 5.19. The van der Waals surface area contributed by atoms with Gasteiger partial charge in [-0.3, -0.25) is 9.55 Å². The maximum Gasteiger partial charge on any atom is 0.144 e. The predicted octanol–water partition coefficient (Wildman–Crippen LogP) is 12.5. The van der Waals surface area contributed by atoms with Gasteiger partial charge in [0.2, 0.25) is 0 Å². The average Bonchev–Trinajstić information content (AvgIpc) is 3.55. The first-order chi connectivity index (χ1) is 23.6. The van der Waals surface area contributed by atoms with E-state index in [0.29, 0.717) is 17.8 Å². The minimum absolute atomic E-state index is 0.137. The zero-order valence-electron chi connectivity index (χ0n) is 30.4. The standard InChI is InChI=1S/C46H49N3/c1-9-36-28-46(36,8)41-21-19-34(43-31(6)18-20-37(32(43)7)42-17-13-14-22-47-42)25-40(41)45-48-23-24-49(45)44-38(29(2)3)26-35(27-39(44)30(4)5)33-15-11-10-12-16-33/h10-27,29-30,36H,9,28H2,1-8H3/t36-,46?/m0/s1. The van der Waals surface area contributed by atoms with Crippen molar-refractivity contribution in [3.05, 3.63) is 137 Å². The molecule has 7 rings (SSSR count). The Morgan fingerprint density at radius 1 is 0.735 bits per heavy atom. The number of hydrogen-bond acceptors (Lipinski definition) is 2. The van der Waals surface area contributed by atoms with Crippen LogP contribution in [0, 0.1) is 19.8 Å². The number of aromatic nitrogens is 3. The summed E-state index contributed by atoms with van der Waals surface area (Å²) in [5.74, 6) is 2.37.